The summed E-state index contributed by atoms with van der Waals surface area (Å²) >= 11 is 1.91. The summed E-state index contributed by atoms with van der Waals surface area (Å²) in [6, 6.07) is 0.317. The second-order valence-electron chi connectivity index (χ2n) is 5.97. The molecule has 0 aromatic carbocycles. The third-order valence-corrected chi connectivity index (χ3v) is 5.18. The molecule has 0 bridgehead atoms. The van der Waals surface area contributed by atoms with Gasteiger partial charge in [-0.25, -0.2) is 0 Å². The largest absolute Gasteiger partial charge is 0.322 e. The number of nitrogens with one attached hydrogen (secondary N) is 1. The zero-order valence-electron chi connectivity index (χ0n) is 13.3. The Balaban J connectivity index is 2.82. The van der Waals surface area contributed by atoms with Crippen LogP contribution in [0.1, 0.15) is 48.0 Å². The first-order valence-electron chi connectivity index (χ1n) is 7.59. The fourth-order valence-electron chi connectivity index (χ4n) is 2.65. The van der Waals surface area contributed by atoms with Crippen molar-refractivity contribution in [3.8, 4) is 0 Å². The summed E-state index contributed by atoms with van der Waals surface area (Å²) < 4.78 is 0. The lowest BCUT2D eigenvalue weighted by molar-refractivity contribution is -0.132. The van der Waals surface area contributed by atoms with Crippen molar-refractivity contribution in [2.75, 3.05) is 11.5 Å². The van der Waals surface area contributed by atoms with Gasteiger partial charge in [0, 0.05) is 11.8 Å². The predicted molar refractivity (Wildman–Crippen MR) is 84.3 cm³/mol. The topological polar surface area (TPSA) is 32.3 Å². The van der Waals surface area contributed by atoms with Gasteiger partial charge in [-0.1, -0.05) is 41.0 Å². The molecule has 1 fully saturated rings. The maximum atomic E-state index is 12.7. The summed E-state index contributed by atoms with van der Waals surface area (Å²) in [4.78, 5) is 14.8. The second kappa shape index (κ2) is 7.53. The highest BCUT2D eigenvalue weighted by Gasteiger charge is 2.43. The van der Waals surface area contributed by atoms with Crippen molar-refractivity contribution >= 4 is 17.7 Å². The second-order valence-corrected chi connectivity index (χ2v) is 7.29. The SMILES string of the molecule is CCSCC(C)N1C(=O)C(C(C)CC)NC1C(C)C. The molecule has 1 amide bonds. The monoisotopic (exact) mass is 286 g/mol. The molecule has 4 heteroatoms. The van der Waals surface area contributed by atoms with Crippen LogP contribution in [0.4, 0.5) is 0 Å². The van der Waals surface area contributed by atoms with E-state index in [-0.39, 0.29) is 12.2 Å². The number of thioether (sulfide) groups is 1. The van der Waals surface area contributed by atoms with Gasteiger partial charge in [-0.05, 0) is 24.5 Å². The van der Waals surface area contributed by atoms with Crippen LogP contribution in [0.5, 0.6) is 0 Å². The van der Waals surface area contributed by atoms with Gasteiger partial charge in [-0.15, -0.1) is 0 Å². The third-order valence-electron chi connectivity index (χ3n) is 4.05. The molecule has 1 aliphatic heterocycles. The minimum absolute atomic E-state index is 0.00600. The predicted octanol–water partition coefficient (Wildman–Crippen LogP) is 2.96. The van der Waals surface area contributed by atoms with Crippen LogP contribution in [0.3, 0.4) is 0 Å². The standard InChI is InChI=1S/C15H30N2OS/c1-7-11(5)13-15(18)17(12(6)9-19-8-2)14(16-13)10(3)4/h10-14,16H,7-9H2,1-6H3. The fraction of sp³-hybridized carbons (Fsp3) is 0.933. The molecule has 1 N–H and O–H groups in total. The molecule has 1 rings (SSSR count). The van der Waals surface area contributed by atoms with Crippen LogP contribution in [-0.4, -0.2) is 40.6 Å². The van der Waals surface area contributed by atoms with Crippen molar-refractivity contribution < 1.29 is 4.79 Å². The van der Waals surface area contributed by atoms with Crippen molar-refractivity contribution in [3.05, 3.63) is 0 Å². The molecule has 0 spiro atoms. The van der Waals surface area contributed by atoms with Gasteiger partial charge in [0.25, 0.3) is 0 Å². The van der Waals surface area contributed by atoms with Crippen LogP contribution >= 0.6 is 11.8 Å². The molecule has 1 saturated heterocycles. The molecule has 1 heterocycles. The number of hydrogen-bond acceptors (Lipinski definition) is 3. The van der Waals surface area contributed by atoms with Gasteiger partial charge in [0.05, 0.1) is 12.2 Å². The smallest absolute Gasteiger partial charge is 0.241 e. The van der Waals surface area contributed by atoms with E-state index in [1.54, 1.807) is 0 Å². The van der Waals surface area contributed by atoms with Crippen LogP contribution in [-0.2, 0) is 4.79 Å². The quantitative estimate of drug-likeness (QED) is 0.781. The number of rotatable bonds is 7. The molecule has 4 atom stereocenters. The normalized spacial score (nSPS) is 27.1. The first-order chi connectivity index (χ1) is 8.93. The lowest BCUT2D eigenvalue weighted by atomic mass is 9.99. The molecular formula is C15H30N2OS. The maximum Gasteiger partial charge on any atom is 0.241 e. The Labute approximate surface area is 122 Å². The molecule has 0 aromatic rings. The molecule has 1 aliphatic rings. The van der Waals surface area contributed by atoms with E-state index in [9.17, 15) is 4.79 Å². The van der Waals surface area contributed by atoms with Crippen molar-refractivity contribution in [2.45, 2.75) is 66.2 Å². The third kappa shape index (κ3) is 3.88. The first-order valence-corrected chi connectivity index (χ1v) is 8.75. The molecule has 0 aliphatic carbocycles. The zero-order valence-corrected chi connectivity index (χ0v) is 14.1. The highest BCUT2D eigenvalue weighted by atomic mass is 32.2. The molecule has 3 nitrogen and oxygen atoms in total. The van der Waals surface area contributed by atoms with Gasteiger partial charge in [-0.2, -0.15) is 11.8 Å². The molecule has 19 heavy (non-hydrogen) atoms. The van der Waals surface area contributed by atoms with E-state index >= 15 is 0 Å². The Morgan fingerprint density at radius 2 is 1.89 bits per heavy atom. The van der Waals surface area contributed by atoms with E-state index in [4.69, 9.17) is 0 Å². The average molecular weight is 286 g/mol. The van der Waals surface area contributed by atoms with Crippen LogP contribution in [0, 0.1) is 11.8 Å². The Morgan fingerprint density at radius 3 is 2.37 bits per heavy atom. The van der Waals surface area contributed by atoms with E-state index in [1.165, 1.54) is 0 Å². The van der Waals surface area contributed by atoms with Crippen LogP contribution in [0.15, 0.2) is 0 Å². The van der Waals surface area contributed by atoms with E-state index in [0.29, 0.717) is 23.8 Å². The lowest BCUT2D eigenvalue weighted by Crippen LogP contribution is -2.47. The zero-order chi connectivity index (χ0) is 14.6. The molecule has 0 radical (unpaired) electrons. The highest BCUT2D eigenvalue weighted by molar-refractivity contribution is 7.99. The molecule has 0 aromatic heterocycles. The Kier molecular flexibility index (Phi) is 6.67. The van der Waals surface area contributed by atoms with Crippen LogP contribution in [0.2, 0.25) is 0 Å². The van der Waals surface area contributed by atoms with Crippen molar-refractivity contribution in [1.29, 1.82) is 0 Å². The van der Waals surface area contributed by atoms with Gasteiger partial charge >= 0.3 is 0 Å². The lowest BCUT2D eigenvalue weighted by Gasteiger charge is -2.32. The van der Waals surface area contributed by atoms with E-state index in [0.717, 1.165) is 17.9 Å². The Bertz CT molecular complexity index is 296. The summed E-state index contributed by atoms with van der Waals surface area (Å²) in [6.07, 6.45) is 1.24. The van der Waals surface area contributed by atoms with Gasteiger partial charge in [0.2, 0.25) is 5.91 Å². The summed E-state index contributed by atoms with van der Waals surface area (Å²) in [7, 11) is 0. The van der Waals surface area contributed by atoms with Crippen molar-refractivity contribution in [2.24, 2.45) is 11.8 Å². The molecular weight excluding hydrogens is 256 g/mol. The van der Waals surface area contributed by atoms with Crippen LogP contribution in [0.25, 0.3) is 0 Å². The Morgan fingerprint density at radius 1 is 1.26 bits per heavy atom. The molecule has 4 unspecified atom stereocenters. The average Bonchev–Trinajstić information content (AvgIpc) is 2.73. The maximum absolute atomic E-state index is 12.7. The number of amides is 1. The van der Waals surface area contributed by atoms with E-state index in [1.807, 2.05) is 11.8 Å². The first kappa shape index (κ1) is 16.8. The molecule has 112 valence electrons. The fourth-order valence-corrected chi connectivity index (χ4v) is 3.39. The number of carbonyl (C=O) groups is 1. The molecule has 0 saturated carbocycles. The van der Waals surface area contributed by atoms with Gasteiger partial charge < -0.3 is 4.90 Å². The minimum Gasteiger partial charge on any atom is -0.322 e. The van der Waals surface area contributed by atoms with Crippen molar-refractivity contribution in [1.82, 2.24) is 10.2 Å². The van der Waals surface area contributed by atoms with Gasteiger partial charge in [0.1, 0.15) is 0 Å². The summed E-state index contributed by atoms with van der Waals surface area (Å²) in [5.74, 6) is 3.30. The van der Waals surface area contributed by atoms with E-state index < -0.39 is 0 Å². The number of nitrogens with zero attached hydrogens (tertiary/aromatic N) is 1. The van der Waals surface area contributed by atoms with Gasteiger partial charge in [0.15, 0.2) is 0 Å². The minimum atomic E-state index is 0.00600. The summed E-state index contributed by atoms with van der Waals surface area (Å²) in [6.45, 7) is 13.1. The number of carbonyl (C=O) groups excluding carboxylic acids is 1. The summed E-state index contributed by atoms with van der Waals surface area (Å²) in [5, 5.41) is 3.57. The Hall–Kier alpha value is -0.220. The number of hydrogen-bond donors (Lipinski definition) is 1. The highest BCUT2D eigenvalue weighted by Crippen LogP contribution is 2.26. The van der Waals surface area contributed by atoms with E-state index in [2.05, 4.69) is 51.8 Å². The van der Waals surface area contributed by atoms with Crippen molar-refractivity contribution in [3.63, 3.8) is 0 Å². The van der Waals surface area contributed by atoms with Gasteiger partial charge in [-0.3, -0.25) is 10.1 Å². The summed E-state index contributed by atoms with van der Waals surface area (Å²) in [5.41, 5.74) is 0. The van der Waals surface area contributed by atoms with Crippen LogP contribution < -0.4 is 5.32 Å².